The van der Waals surface area contributed by atoms with Crippen LogP contribution in [0.25, 0.3) is 0 Å². The normalized spacial score (nSPS) is 17.1. The molecule has 7 nitrogen and oxygen atoms in total. The van der Waals surface area contributed by atoms with Crippen LogP contribution >= 0.6 is 11.6 Å². The summed E-state index contributed by atoms with van der Waals surface area (Å²) in [5, 5.41) is 0.512. The number of rotatable bonds is 4. The average molecular weight is 417 g/mol. The Balaban J connectivity index is 1.49. The summed E-state index contributed by atoms with van der Waals surface area (Å²) in [6.45, 7) is 2.10. The van der Waals surface area contributed by atoms with Gasteiger partial charge in [0.2, 0.25) is 6.79 Å². The summed E-state index contributed by atoms with van der Waals surface area (Å²) in [5.41, 5.74) is 1.19. The maximum absolute atomic E-state index is 13.0. The topological polar surface area (TPSA) is 68.3 Å². The van der Waals surface area contributed by atoms with E-state index in [4.69, 9.17) is 25.8 Å². The van der Waals surface area contributed by atoms with Crippen LogP contribution in [-0.2, 0) is 9.53 Å². The standard InChI is InChI=1S/C21H21ClN2O5/c1-27-21(26)18(14-5-2-3-7-16(14)22)23-9-11-24(12-10-23)20(25)15-6-4-8-17-19(15)29-13-28-17/h2-8,18H,9-13H2,1H3. The number of benzene rings is 2. The van der Waals surface area contributed by atoms with Gasteiger partial charge in [0, 0.05) is 31.2 Å². The molecule has 29 heavy (non-hydrogen) atoms. The number of piperazine rings is 1. The Morgan fingerprint density at radius 2 is 1.79 bits per heavy atom. The third kappa shape index (κ3) is 3.75. The summed E-state index contributed by atoms with van der Waals surface area (Å²) < 4.78 is 15.8. The summed E-state index contributed by atoms with van der Waals surface area (Å²) in [5.74, 6) is 0.589. The van der Waals surface area contributed by atoms with E-state index in [-0.39, 0.29) is 18.7 Å². The highest BCUT2D eigenvalue weighted by Crippen LogP contribution is 2.36. The van der Waals surface area contributed by atoms with Crippen LogP contribution in [0.4, 0.5) is 0 Å². The van der Waals surface area contributed by atoms with Crippen LogP contribution in [0.1, 0.15) is 22.0 Å². The average Bonchev–Trinajstić information content (AvgIpc) is 3.24. The van der Waals surface area contributed by atoms with Crippen molar-refractivity contribution in [3.05, 3.63) is 58.6 Å². The van der Waals surface area contributed by atoms with Crippen LogP contribution in [0.2, 0.25) is 5.02 Å². The Hall–Kier alpha value is -2.77. The van der Waals surface area contributed by atoms with Crippen molar-refractivity contribution in [1.82, 2.24) is 9.80 Å². The van der Waals surface area contributed by atoms with E-state index in [0.29, 0.717) is 53.8 Å². The van der Waals surface area contributed by atoms with Gasteiger partial charge in [-0.25, -0.2) is 4.79 Å². The molecule has 2 aliphatic heterocycles. The van der Waals surface area contributed by atoms with E-state index >= 15 is 0 Å². The van der Waals surface area contributed by atoms with Crippen molar-refractivity contribution in [2.45, 2.75) is 6.04 Å². The molecule has 1 atom stereocenters. The van der Waals surface area contributed by atoms with Gasteiger partial charge < -0.3 is 19.1 Å². The molecule has 0 N–H and O–H groups in total. The minimum absolute atomic E-state index is 0.112. The molecule has 1 fully saturated rings. The number of halogens is 1. The third-order valence-electron chi connectivity index (χ3n) is 5.22. The number of fused-ring (bicyclic) bond motifs is 1. The monoisotopic (exact) mass is 416 g/mol. The first-order valence-electron chi connectivity index (χ1n) is 9.34. The van der Waals surface area contributed by atoms with Gasteiger partial charge in [-0.2, -0.15) is 0 Å². The van der Waals surface area contributed by atoms with Crippen LogP contribution in [0.15, 0.2) is 42.5 Å². The van der Waals surface area contributed by atoms with E-state index in [1.54, 1.807) is 29.2 Å². The number of hydrogen-bond acceptors (Lipinski definition) is 6. The van der Waals surface area contributed by atoms with E-state index in [1.807, 2.05) is 23.1 Å². The fraction of sp³-hybridized carbons (Fsp3) is 0.333. The van der Waals surface area contributed by atoms with Crippen molar-refractivity contribution < 1.29 is 23.8 Å². The number of hydrogen-bond donors (Lipinski definition) is 0. The lowest BCUT2D eigenvalue weighted by Gasteiger charge is -2.38. The highest BCUT2D eigenvalue weighted by molar-refractivity contribution is 6.31. The first kappa shape index (κ1) is 19.5. The molecule has 0 aliphatic carbocycles. The molecule has 0 bridgehead atoms. The highest BCUT2D eigenvalue weighted by atomic mass is 35.5. The molecule has 1 amide bonds. The van der Waals surface area contributed by atoms with Crippen molar-refractivity contribution in [2.75, 3.05) is 40.1 Å². The molecule has 8 heteroatoms. The van der Waals surface area contributed by atoms with Crippen molar-refractivity contribution in [2.24, 2.45) is 0 Å². The quantitative estimate of drug-likeness (QED) is 0.714. The molecule has 0 radical (unpaired) electrons. The van der Waals surface area contributed by atoms with Crippen LogP contribution in [-0.4, -0.2) is 61.8 Å². The molecule has 4 rings (SSSR count). The van der Waals surface area contributed by atoms with Gasteiger partial charge in [-0.1, -0.05) is 35.9 Å². The van der Waals surface area contributed by atoms with E-state index in [0.717, 1.165) is 0 Å². The Kier molecular flexibility index (Phi) is 5.60. The largest absolute Gasteiger partial charge is 0.468 e. The fourth-order valence-corrected chi connectivity index (χ4v) is 3.97. The number of carbonyl (C=O) groups excluding carboxylic acids is 2. The number of amides is 1. The summed E-state index contributed by atoms with van der Waals surface area (Å²) in [7, 11) is 1.37. The number of para-hydroxylation sites is 1. The Morgan fingerprint density at radius 3 is 2.52 bits per heavy atom. The van der Waals surface area contributed by atoms with E-state index in [9.17, 15) is 9.59 Å². The number of carbonyl (C=O) groups is 2. The summed E-state index contributed by atoms with van der Waals surface area (Å²) in [6, 6.07) is 11.9. The van der Waals surface area contributed by atoms with Gasteiger partial charge in [-0.05, 0) is 23.8 Å². The van der Waals surface area contributed by atoms with E-state index in [2.05, 4.69) is 0 Å². The first-order valence-corrected chi connectivity index (χ1v) is 9.72. The molecule has 2 heterocycles. The molecule has 0 aromatic heterocycles. The predicted octanol–water partition coefficient (Wildman–Crippen LogP) is 2.74. The third-order valence-corrected chi connectivity index (χ3v) is 5.56. The van der Waals surface area contributed by atoms with Gasteiger partial charge >= 0.3 is 5.97 Å². The molecular weight excluding hydrogens is 396 g/mol. The van der Waals surface area contributed by atoms with Gasteiger partial charge in [0.25, 0.3) is 5.91 Å². The van der Waals surface area contributed by atoms with Crippen molar-refractivity contribution in [3.8, 4) is 11.5 Å². The first-order chi connectivity index (χ1) is 14.1. The second-order valence-corrected chi connectivity index (χ2v) is 7.22. The SMILES string of the molecule is COC(=O)C(c1ccccc1Cl)N1CCN(C(=O)c2cccc3c2OCO3)CC1. The number of esters is 1. The van der Waals surface area contributed by atoms with Crippen LogP contribution in [0, 0.1) is 0 Å². The molecule has 2 aliphatic rings. The molecule has 1 saturated heterocycles. The molecule has 0 spiro atoms. The van der Waals surface area contributed by atoms with Crippen molar-refractivity contribution in [3.63, 3.8) is 0 Å². The molecular formula is C21H21ClN2O5. The van der Waals surface area contributed by atoms with Crippen molar-refractivity contribution in [1.29, 1.82) is 0 Å². The lowest BCUT2D eigenvalue weighted by atomic mass is 10.0. The molecule has 0 saturated carbocycles. The van der Waals surface area contributed by atoms with Crippen LogP contribution in [0.3, 0.4) is 0 Å². The van der Waals surface area contributed by atoms with Gasteiger partial charge in [-0.15, -0.1) is 0 Å². The summed E-state index contributed by atoms with van der Waals surface area (Å²) in [4.78, 5) is 29.3. The lowest BCUT2D eigenvalue weighted by molar-refractivity contribution is -0.148. The van der Waals surface area contributed by atoms with Gasteiger partial charge in [0.15, 0.2) is 11.5 Å². The highest BCUT2D eigenvalue weighted by Gasteiger charge is 2.34. The zero-order chi connectivity index (χ0) is 20.4. The predicted molar refractivity (Wildman–Crippen MR) is 106 cm³/mol. The Labute approximate surface area is 173 Å². The minimum Gasteiger partial charge on any atom is -0.468 e. The zero-order valence-electron chi connectivity index (χ0n) is 16.0. The fourth-order valence-electron chi connectivity index (χ4n) is 3.73. The maximum atomic E-state index is 13.0. The summed E-state index contributed by atoms with van der Waals surface area (Å²) in [6.07, 6.45) is 0. The second-order valence-electron chi connectivity index (χ2n) is 6.81. The van der Waals surface area contributed by atoms with Gasteiger partial charge in [0.05, 0.1) is 12.7 Å². The number of nitrogens with zero attached hydrogens (tertiary/aromatic N) is 2. The molecule has 2 aromatic rings. The molecule has 152 valence electrons. The summed E-state index contributed by atoms with van der Waals surface area (Å²) >= 11 is 6.33. The lowest BCUT2D eigenvalue weighted by Crippen LogP contribution is -2.51. The van der Waals surface area contributed by atoms with Crippen molar-refractivity contribution >= 4 is 23.5 Å². The molecule has 2 aromatic carbocycles. The second kappa shape index (κ2) is 8.31. The maximum Gasteiger partial charge on any atom is 0.327 e. The number of methoxy groups -OCH3 is 1. The Morgan fingerprint density at radius 1 is 1.03 bits per heavy atom. The zero-order valence-corrected chi connectivity index (χ0v) is 16.7. The van der Waals surface area contributed by atoms with Crippen LogP contribution < -0.4 is 9.47 Å². The number of ether oxygens (including phenoxy) is 3. The smallest absolute Gasteiger partial charge is 0.327 e. The van der Waals surface area contributed by atoms with Gasteiger partial charge in [0.1, 0.15) is 6.04 Å². The van der Waals surface area contributed by atoms with Crippen LogP contribution in [0.5, 0.6) is 11.5 Å². The van der Waals surface area contributed by atoms with E-state index < -0.39 is 6.04 Å². The van der Waals surface area contributed by atoms with Gasteiger partial charge in [-0.3, -0.25) is 9.69 Å². The molecule has 1 unspecified atom stereocenters. The van der Waals surface area contributed by atoms with E-state index in [1.165, 1.54) is 7.11 Å². The Bertz CT molecular complexity index is 927. The minimum atomic E-state index is -0.608.